The minimum absolute atomic E-state index is 0.111. The number of esters is 1. The van der Waals surface area contributed by atoms with Crippen molar-refractivity contribution in [2.75, 3.05) is 26.7 Å². The van der Waals surface area contributed by atoms with Crippen LogP contribution in [-0.2, 0) is 9.53 Å². The molecule has 1 atom stereocenters. The fourth-order valence-corrected chi connectivity index (χ4v) is 2.99. The van der Waals surface area contributed by atoms with E-state index in [9.17, 15) is 4.79 Å². The molecule has 1 fully saturated rings. The Hall–Kier alpha value is -0.610. The lowest BCUT2D eigenvalue weighted by Gasteiger charge is -2.34. The fourth-order valence-electron chi connectivity index (χ4n) is 2.99. The SMILES string of the molecule is CCNC(CCN(C)C1CCC(C)CC1)C(=O)OCC. The van der Waals surface area contributed by atoms with E-state index in [1.54, 1.807) is 0 Å². The summed E-state index contributed by atoms with van der Waals surface area (Å²) in [5.74, 6) is 0.772. The Morgan fingerprint density at radius 3 is 2.50 bits per heavy atom. The van der Waals surface area contributed by atoms with Gasteiger partial charge in [0.05, 0.1) is 6.61 Å². The number of rotatable bonds is 8. The van der Waals surface area contributed by atoms with Gasteiger partial charge in [0.15, 0.2) is 0 Å². The quantitative estimate of drug-likeness (QED) is 0.695. The van der Waals surface area contributed by atoms with Crippen LogP contribution in [0.4, 0.5) is 0 Å². The summed E-state index contributed by atoms with van der Waals surface area (Å²) in [6, 6.07) is 0.528. The molecule has 0 aromatic heterocycles. The predicted octanol–water partition coefficient (Wildman–Crippen LogP) is 2.43. The topological polar surface area (TPSA) is 41.6 Å². The zero-order valence-electron chi connectivity index (χ0n) is 13.7. The zero-order valence-corrected chi connectivity index (χ0v) is 13.7. The van der Waals surface area contributed by atoms with E-state index < -0.39 is 0 Å². The highest BCUT2D eigenvalue weighted by Crippen LogP contribution is 2.26. The van der Waals surface area contributed by atoms with E-state index in [0.717, 1.165) is 25.4 Å². The van der Waals surface area contributed by atoms with Crippen molar-refractivity contribution in [3.63, 3.8) is 0 Å². The van der Waals surface area contributed by atoms with Crippen molar-refractivity contribution in [2.24, 2.45) is 5.92 Å². The molecule has 0 amide bonds. The molecule has 0 heterocycles. The summed E-state index contributed by atoms with van der Waals surface area (Å²) in [4.78, 5) is 14.3. The van der Waals surface area contributed by atoms with Crippen molar-refractivity contribution >= 4 is 5.97 Å². The van der Waals surface area contributed by atoms with E-state index >= 15 is 0 Å². The van der Waals surface area contributed by atoms with Crippen LogP contribution in [0.2, 0.25) is 0 Å². The Balaban J connectivity index is 2.35. The number of carbonyl (C=O) groups excluding carboxylic acids is 1. The summed E-state index contributed by atoms with van der Waals surface area (Å²) in [5.41, 5.74) is 0. The Morgan fingerprint density at radius 1 is 1.30 bits per heavy atom. The van der Waals surface area contributed by atoms with Gasteiger partial charge in [-0.05, 0) is 58.5 Å². The molecule has 1 aliphatic rings. The molecular formula is C16H32N2O2. The summed E-state index contributed by atoms with van der Waals surface area (Å²) < 4.78 is 5.13. The molecule has 1 saturated carbocycles. The van der Waals surface area contributed by atoms with Crippen LogP contribution in [-0.4, -0.2) is 49.7 Å². The monoisotopic (exact) mass is 284 g/mol. The molecular weight excluding hydrogens is 252 g/mol. The van der Waals surface area contributed by atoms with Gasteiger partial charge in [0.1, 0.15) is 6.04 Å². The second-order valence-electron chi connectivity index (χ2n) is 6.05. The van der Waals surface area contributed by atoms with Gasteiger partial charge in [-0.15, -0.1) is 0 Å². The van der Waals surface area contributed by atoms with E-state index in [-0.39, 0.29) is 12.0 Å². The smallest absolute Gasteiger partial charge is 0.323 e. The lowest BCUT2D eigenvalue weighted by molar-refractivity contribution is -0.145. The second kappa shape index (κ2) is 9.35. The van der Waals surface area contributed by atoms with Gasteiger partial charge in [-0.3, -0.25) is 4.79 Å². The first-order chi connectivity index (χ1) is 9.58. The maximum Gasteiger partial charge on any atom is 0.323 e. The molecule has 0 aromatic carbocycles. The number of nitrogens with zero attached hydrogens (tertiary/aromatic N) is 1. The fraction of sp³-hybridized carbons (Fsp3) is 0.938. The molecule has 4 nitrogen and oxygen atoms in total. The molecule has 118 valence electrons. The number of nitrogens with one attached hydrogen (secondary N) is 1. The summed E-state index contributed by atoms with van der Waals surface area (Å²) in [7, 11) is 2.19. The molecule has 0 radical (unpaired) electrons. The Labute approximate surface area is 124 Å². The van der Waals surface area contributed by atoms with Crippen LogP contribution in [0.3, 0.4) is 0 Å². The molecule has 0 aromatic rings. The number of hydrogen-bond donors (Lipinski definition) is 1. The molecule has 4 heteroatoms. The summed E-state index contributed by atoms with van der Waals surface area (Å²) in [6.07, 6.45) is 6.09. The van der Waals surface area contributed by atoms with E-state index in [2.05, 4.69) is 24.2 Å². The molecule has 1 rings (SSSR count). The van der Waals surface area contributed by atoms with E-state index in [1.165, 1.54) is 25.7 Å². The molecule has 1 N–H and O–H groups in total. The van der Waals surface area contributed by atoms with Crippen molar-refractivity contribution < 1.29 is 9.53 Å². The predicted molar refractivity (Wildman–Crippen MR) is 82.8 cm³/mol. The lowest BCUT2D eigenvalue weighted by atomic mass is 9.86. The van der Waals surface area contributed by atoms with Crippen LogP contribution < -0.4 is 5.32 Å². The minimum atomic E-state index is -0.162. The lowest BCUT2D eigenvalue weighted by Crippen LogP contribution is -2.42. The summed E-state index contributed by atoms with van der Waals surface area (Å²) in [5, 5.41) is 3.23. The zero-order chi connectivity index (χ0) is 15.0. The van der Waals surface area contributed by atoms with Crippen LogP contribution in [0.1, 0.15) is 52.9 Å². The molecule has 1 unspecified atom stereocenters. The molecule has 0 bridgehead atoms. The highest BCUT2D eigenvalue weighted by atomic mass is 16.5. The van der Waals surface area contributed by atoms with Crippen LogP contribution in [0, 0.1) is 5.92 Å². The molecule has 20 heavy (non-hydrogen) atoms. The normalized spacial score (nSPS) is 24.6. The van der Waals surface area contributed by atoms with Gasteiger partial charge >= 0.3 is 5.97 Å². The standard InChI is InChI=1S/C16H32N2O2/c1-5-17-15(16(19)20-6-2)11-12-18(4)14-9-7-13(3)8-10-14/h13-15,17H,5-12H2,1-4H3. The highest BCUT2D eigenvalue weighted by Gasteiger charge is 2.24. The van der Waals surface area contributed by atoms with E-state index in [0.29, 0.717) is 12.6 Å². The van der Waals surface area contributed by atoms with Crippen molar-refractivity contribution in [1.82, 2.24) is 10.2 Å². The van der Waals surface area contributed by atoms with Gasteiger partial charge in [-0.2, -0.15) is 0 Å². The van der Waals surface area contributed by atoms with Gasteiger partial charge in [0.25, 0.3) is 0 Å². The van der Waals surface area contributed by atoms with Crippen molar-refractivity contribution in [3.05, 3.63) is 0 Å². The molecule has 1 aliphatic carbocycles. The number of ether oxygens (including phenoxy) is 1. The van der Waals surface area contributed by atoms with E-state index in [1.807, 2.05) is 13.8 Å². The van der Waals surface area contributed by atoms with Gasteiger partial charge in [0, 0.05) is 12.6 Å². The van der Waals surface area contributed by atoms with Gasteiger partial charge in [0.2, 0.25) is 0 Å². The first kappa shape index (κ1) is 17.4. The summed E-state index contributed by atoms with van der Waals surface area (Å²) in [6.45, 7) is 8.44. The first-order valence-electron chi connectivity index (χ1n) is 8.18. The first-order valence-corrected chi connectivity index (χ1v) is 8.18. The number of carbonyl (C=O) groups is 1. The van der Waals surface area contributed by atoms with E-state index in [4.69, 9.17) is 4.74 Å². The second-order valence-corrected chi connectivity index (χ2v) is 6.05. The van der Waals surface area contributed by atoms with Crippen LogP contribution >= 0.6 is 0 Å². The molecule has 0 spiro atoms. The van der Waals surface area contributed by atoms with Gasteiger partial charge < -0.3 is 15.0 Å². The average Bonchev–Trinajstić information content (AvgIpc) is 2.44. The third-order valence-corrected chi connectivity index (χ3v) is 4.40. The Morgan fingerprint density at radius 2 is 1.95 bits per heavy atom. The Kier molecular flexibility index (Phi) is 8.15. The molecule has 0 aliphatic heterocycles. The van der Waals surface area contributed by atoms with Crippen LogP contribution in [0.5, 0.6) is 0 Å². The summed E-state index contributed by atoms with van der Waals surface area (Å²) >= 11 is 0. The maximum absolute atomic E-state index is 11.9. The van der Waals surface area contributed by atoms with Gasteiger partial charge in [-0.1, -0.05) is 13.8 Å². The molecule has 0 saturated heterocycles. The van der Waals surface area contributed by atoms with Crippen molar-refractivity contribution in [1.29, 1.82) is 0 Å². The minimum Gasteiger partial charge on any atom is -0.465 e. The number of likely N-dealkylation sites (N-methyl/N-ethyl adjacent to an activating group) is 1. The highest BCUT2D eigenvalue weighted by molar-refractivity contribution is 5.75. The van der Waals surface area contributed by atoms with Crippen molar-refractivity contribution in [2.45, 2.75) is 65.0 Å². The Bertz CT molecular complexity index is 276. The number of hydrogen-bond acceptors (Lipinski definition) is 4. The largest absolute Gasteiger partial charge is 0.465 e. The van der Waals surface area contributed by atoms with Gasteiger partial charge in [-0.25, -0.2) is 0 Å². The third kappa shape index (κ3) is 5.80. The average molecular weight is 284 g/mol. The van der Waals surface area contributed by atoms with Crippen LogP contribution in [0.25, 0.3) is 0 Å². The maximum atomic E-state index is 11.9. The van der Waals surface area contributed by atoms with Crippen LogP contribution in [0.15, 0.2) is 0 Å². The van der Waals surface area contributed by atoms with Crippen molar-refractivity contribution in [3.8, 4) is 0 Å². The third-order valence-electron chi connectivity index (χ3n) is 4.40.